The van der Waals surface area contributed by atoms with Gasteiger partial charge in [-0.1, -0.05) is 12.1 Å². The van der Waals surface area contributed by atoms with Gasteiger partial charge in [-0.05, 0) is 56.2 Å². The first-order valence-electron chi connectivity index (χ1n) is 8.18. The highest BCUT2D eigenvalue weighted by Gasteiger charge is 2.13. The topological polar surface area (TPSA) is 32.7 Å². The lowest BCUT2D eigenvalue weighted by Gasteiger charge is -2.11. The zero-order chi connectivity index (χ0) is 18.4. The van der Waals surface area contributed by atoms with Gasteiger partial charge < -0.3 is 4.90 Å². The minimum absolute atomic E-state index is 0.00458. The number of hydrogen-bond donors (Lipinski definition) is 0. The molecule has 2 aromatic carbocycles. The molecule has 0 aliphatic rings. The van der Waals surface area contributed by atoms with Gasteiger partial charge in [-0.2, -0.15) is 0 Å². The average Bonchev–Trinajstić information content (AvgIpc) is 2.60. The molecular weight excluding hydrogens is 335 g/mol. The minimum Gasteiger partial charge on any atom is -0.366 e. The van der Waals surface area contributed by atoms with E-state index in [0.29, 0.717) is 10.5 Å². The highest BCUT2D eigenvalue weighted by atomic mass is 32.2. The van der Waals surface area contributed by atoms with Gasteiger partial charge in [-0.3, -0.25) is 4.79 Å². The number of halogens is 1. The number of nitrogens with zero attached hydrogens (tertiary/aromatic N) is 2. The summed E-state index contributed by atoms with van der Waals surface area (Å²) in [6.45, 7) is 6.78. The van der Waals surface area contributed by atoms with E-state index in [1.165, 1.54) is 17.8 Å². The van der Waals surface area contributed by atoms with Gasteiger partial charge >= 0.3 is 0 Å². The molecule has 0 N–H and O–H groups in total. The first kappa shape index (κ1) is 19.2. The monoisotopic (exact) mass is 358 g/mol. The van der Waals surface area contributed by atoms with E-state index in [2.05, 4.69) is 11.9 Å². The summed E-state index contributed by atoms with van der Waals surface area (Å²) < 4.78 is 13.7. The molecule has 0 aromatic heterocycles. The van der Waals surface area contributed by atoms with Crippen molar-refractivity contribution in [2.24, 2.45) is 4.99 Å². The molecule has 2 aromatic rings. The molecule has 0 saturated heterocycles. The van der Waals surface area contributed by atoms with Crippen LogP contribution in [0.3, 0.4) is 0 Å². The summed E-state index contributed by atoms with van der Waals surface area (Å²) in [6.07, 6.45) is 1.79. The van der Waals surface area contributed by atoms with E-state index in [-0.39, 0.29) is 17.4 Å². The first-order valence-corrected chi connectivity index (χ1v) is 9.17. The minimum atomic E-state index is -0.294. The largest absolute Gasteiger partial charge is 0.366 e. The molecule has 0 heterocycles. The SMILES string of the molecule is CCN(C)/C=N/c1cc(C)c(C(=O)CSc2ccccc2F)cc1C. The molecule has 25 heavy (non-hydrogen) atoms. The van der Waals surface area contributed by atoms with Crippen LogP contribution in [0.25, 0.3) is 0 Å². The van der Waals surface area contributed by atoms with Crippen molar-refractivity contribution >= 4 is 29.6 Å². The molecule has 0 aliphatic heterocycles. The summed E-state index contributed by atoms with van der Waals surface area (Å²) in [5.41, 5.74) is 3.36. The fourth-order valence-corrected chi connectivity index (χ4v) is 3.09. The molecule has 0 atom stereocenters. The van der Waals surface area contributed by atoms with Crippen molar-refractivity contribution < 1.29 is 9.18 Å². The number of aliphatic imine (C=N–C) groups is 1. The Morgan fingerprint density at radius 2 is 1.96 bits per heavy atom. The molecule has 5 heteroatoms. The van der Waals surface area contributed by atoms with Crippen LogP contribution >= 0.6 is 11.8 Å². The van der Waals surface area contributed by atoms with Gasteiger partial charge in [0.25, 0.3) is 0 Å². The summed E-state index contributed by atoms with van der Waals surface area (Å²) in [6, 6.07) is 10.3. The number of hydrogen-bond acceptors (Lipinski definition) is 3. The van der Waals surface area contributed by atoms with E-state index in [1.807, 2.05) is 37.9 Å². The zero-order valence-electron chi connectivity index (χ0n) is 15.0. The Labute approximate surface area is 153 Å². The number of ketones is 1. The summed E-state index contributed by atoms with van der Waals surface area (Å²) in [5.74, 6) is -0.0874. The van der Waals surface area contributed by atoms with E-state index in [9.17, 15) is 9.18 Å². The van der Waals surface area contributed by atoms with Crippen LogP contribution in [0, 0.1) is 19.7 Å². The number of Topliss-reactive ketones (excluding diaryl/α,β-unsaturated/α-hetero) is 1. The van der Waals surface area contributed by atoms with E-state index in [0.717, 1.165) is 23.4 Å². The molecule has 0 saturated carbocycles. The predicted molar refractivity (Wildman–Crippen MR) is 104 cm³/mol. The third kappa shape index (κ3) is 5.16. The predicted octanol–water partition coefficient (Wildman–Crippen LogP) is 5.03. The maximum atomic E-state index is 13.7. The highest BCUT2D eigenvalue weighted by Crippen LogP contribution is 2.26. The van der Waals surface area contributed by atoms with Gasteiger partial charge in [0.15, 0.2) is 5.78 Å². The summed E-state index contributed by atoms with van der Waals surface area (Å²) in [4.78, 5) is 19.5. The fraction of sp³-hybridized carbons (Fsp3) is 0.300. The lowest BCUT2D eigenvalue weighted by Crippen LogP contribution is -2.14. The van der Waals surface area contributed by atoms with Crippen molar-refractivity contribution in [1.82, 2.24) is 4.90 Å². The molecule has 2 rings (SSSR count). The smallest absolute Gasteiger partial charge is 0.173 e. The van der Waals surface area contributed by atoms with Crippen LogP contribution in [0.2, 0.25) is 0 Å². The Balaban J connectivity index is 2.13. The molecule has 3 nitrogen and oxygen atoms in total. The van der Waals surface area contributed by atoms with Gasteiger partial charge in [0.05, 0.1) is 17.8 Å². The van der Waals surface area contributed by atoms with E-state index in [1.54, 1.807) is 24.5 Å². The maximum absolute atomic E-state index is 13.7. The number of thioether (sulfide) groups is 1. The van der Waals surface area contributed by atoms with Gasteiger partial charge in [0.2, 0.25) is 0 Å². The standard InChI is InChI=1S/C20H23FN2OS/c1-5-23(4)13-22-18-11-14(2)16(10-15(18)3)19(24)12-25-20-9-7-6-8-17(20)21/h6-11,13H,5,12H2,1-4H3/b22-13+. The number of carbonyl (C=O) groups excluding carboxylic acids is 1. The fourth-order valence-electron chi connectivity index (χ4n) is 2.27. The molecular formula is C20H23FN2OS. The first-order chi connectivity index (χ1) is 11.9. The lowest BCUT2D eigenvalue weighted by molar-refractivity contribution is 0.102. The molecule has 0 radical (unpaired) electrons. The van der Waals surface area contributed by atoms with Crippen LogP contribution in [0.1, 0.15) is 28.4 Å². The van der Waals surface area contributed by atoms with Crippen molar-refractivity contribution in [2.75, 3.05) is 19.3 Å². The van der Waals surface area contributed by atoms with Gasteiger partial charge in [0, 0.05) is 24.1 Å². The Kier molecular flexibility index (Phi) is 6.76. The van der Waals surface area contributed by atoms with E-state index in [4.69, 9.17) is 0 Å². The Morgan fingerprint density at radius 1 is 1.24 bits per heavy atom. The van der Waals surface area contributed by atoms with Gasteiger partial charge in [0.1, 0.15) is 5.82 Å². The van der Waals surface area contributed by atoms with E-state index < -0.39 is 0 Å². The number of rotatable bonds is 7. The van der Waals surface area contributed by atoms with Crippen LogP contribution in [-0.4, -0.2) is 36.4 Å². The second kappa shape index (κ2) is 8.81. The van der Waals surface area contributed by atoms with Crippen LogP contribution < -0.4 is 0 Å². The van der Waals surface area contributed by atoms with Crippen LogP contribution in [0.4, 0.5) is 10.1 Å². The number of aryl methyl sites for hydroxylation is 2. The van der Waals surface area contributed by atoms with Crippen LogP contribution in [0.5, 0.6) is 0 Å². The molecule has 0 unspecified atom stereocenters. The van der Waals surface area contributed by atoms with Gasteiger partial charge in [-0.15, -0.1) is 11.8 Å². The third-order valence-corrected chi connectivity index (χ3v) is 4.98. The molecule has 0 bridgehead atoms. The lowest BCUT2D eigenvalue weighted by atomic mass is 10.0. The number of carbonyl (C=O) groups is 1. The van der Waals surface area contributed by atoms with Crippen molar-refractivity contribution in [3.8, 4) is 0 Å². The summed E-state index contributed by atoms with van der Waals surface area (Å²) in [7, 11) is 1.96. The average molecular weight is 358 g/mol. The molecule has 0 aliphatic carbocycles. The Hall–Kier alpha value is -2.14. The molecule has 132 valence electrons. The quantitative estimate of drug-likeness (QED) is 0.301. The zero-order valence-corrected chi connectivity index (χ0v) is 15.9. The van der Waals surface area contributed by atoms with Crippen molar-refractivity contribution in [2.45, 2.75) is 25.7 Å². The van der Waals surface area contributed by atoms with Crippen LogP contribution in [-0.2, 0) is 0 Å². The van der Waals surface area contributed by atoms with Crippen molar-refractivity contribution in [3.05, 3.63) is 58.9 Å². The highest BCUT2D eigenvalue weighted by molar-refractivity contribution is 8.00. The summed E-state index contributed by atoms with van der Waals surface area (Å²) in [5, 5.41) is 0. The Morgan fingerprint density at radius 3 is 2.64 bits per heavy atom. The summed E-state index contributed by atoms with van der Waals surface area (Å²) >= 11 is 1.23. The second-order valence-electron chi connectivity index (χ2n) is 5.91. The van der Waals surface area contributed by atoms with Crippen molar-refractivity contribution in [3.63, 3.8) is 0 Å². The second-order valence-corrected chi connectivity index (χ2v) is 6.93. The third-order valence-electron chi connectivity index (χ3n) is 3.93. The molecule has 0 fully saturated rings. The molecule has 0 spiro atoms. The molecule has 0 amide bonds. The van der Waals surface area contributed by atoms with Crippen molar-refractivity contribution in [1.29, 1.82) is 0 Å². The Bertz CT molecular complexity index is 789. The maximum Gasteiger partial charge on any atom is 0.173 e. The normalized spacial score (nSPS) is 11.1. The number of benzene rings is 2. The van der Waals surface area contributed by atoms with Crippen LogP contribution in [0.15, 0.2) is 46.3 Å². The van der Waals surface area contributed by atoms with Gasteiger partial charge in [-0.25, -0.2) is 9.38 Å². The van der Waals surface area contributed by atoms with E-state index >= 15 is 0 Å².